The first-order chi connectivity index (χ1) is 21.9. The topological polar surface area (TPSA) is 111 Å². The second kappa shape index (κ2) is 14.8. The van der Waals surface area contributed by atoms with Crippen molar-refractivity contribution >= 4 is 21.9 Å². The van der Waals surface area contributed by atoms with Crippen LogP contribution < -0.4 is 10.2 Å². The molecule has 0 aliphatic carbocycles. The Hall–Kier alpha value is -4.77. The van der Waals surface area contributed by atoms with Crippen molar-refractivity contribution in [3.05, 3.63) is 144 Å². The van der Waals surface area contributed by atoms with Crippen molar-refractivity contribution in [1.82, 2.24) is 9.79 Å². The molecule has 9 nitrogen and oxygen atoms in total. The van der Waals surface area contributed by atoms with Crippen molar-refractivity contribution in [3.63, 3.8) is 0 Å². The zero-order chi connectivity index (χ0) is 31.6. The number of nitrogens with one attached hydrogen (secondary N) is 1. The lowest BCUT2D eigenvalue weighted by Crippen LogP contribution is -2.54. The molecule has 2 unspecified atom stereocenters. The van der Waals surface area contributed by atoms with Crippen LogP contribution in [0.4, 0.5) is 0 Å². The number of esters is 1. The fourth-order valence-corrected chi connectivity index (χ4v) is 6.71. The molecule has 1 heterocycles. The number of amides is 1. The summed E-state index contributed by atoms with van der Waals surface area (Å²) < 4.78 is 40.0. The maximum atomic E-state index is 14.1. The van der Waals surface area contributed by atoms with Crippen molar-refractivity contribution in [3.8, 4) is 5.75 Å². The van der Waals surface area contributed by atoms with Gasteiger partial charge in [-0.3, -0.25) is 14.4 Å². The maximum absolute atomic E-state index is 14.1. The van der Waals surface area contributed by atoms with Crippen LogP contribution in [0.1, 0.15) is 29.2 Å². The Kier molecular flexibility index (Phi) is 10.4. The summed E-state index contributed by atoms with van der Waals surface area (Å²) in [6.07, 6.45) is 2.70. The highest BCUT2D eigenvalue weighted by molar-refractivity contribution is 7.89. The molecule has 5 rings (SSSR count). The van der Waals surface area contributed by atoms with Crippen LogP contribution in [0.5, 0.6) is 5.75 Å². The molecule has 1 N–H and O–H groups in total. The SMILES string of the molecule is COc1ccc(S(=O)(=O)N2CC=CCC(C(=O)OCc3ccccc3)C2C(=O)NOC(c2ccccc2)c2ccccc2)cc1. The van der Waals surface area contributed by atoms with Gasteiger partial charge in [-0.15, -0.1) is 0 Å². The number of nitrogens with zero attached hydrogens (tertiary/aromatic N) is 1. The van der Waals surface area contributed by atoms with Crippen LogP contribution in [-0.4, -0.2) is 44.3 Å². The van der Waals surface area contributed by atoms with Crippen LogP contribution in [0.2, 0.25) is 0 Å². The lowest BCUT2D eigenvalue weighted by atomic mass is 9.96. The van der Waals surface area contributed by atoms with Gasteiger partial charge in [-0.05, 0) is 47.4 Å². The monoisotopic (exact) mass is 626 g/mol. The first kappa shape index (κ1) is 31.6. The van der Waals surface area contributed by atoms with E-state index in [1.165, 1.54) is 31.4 Å². The van der Waals surface area contributed by atoms with Crippen molar-refractivity contribution in [2.75, 3.05) is 13.7 Å². The van der Waals surface area contributed by atoms with E-state index < -0.39 is 40.0 Å². The lowest BCUT2D eigenvalue weighted by molar-refractivity contribution is -0.157. The molecule has 0 aromatic heterocycles. The fraction of sp³-hybridized carbons (Fsp3) is 0.200. The third-order valence-electron chi connectivity index (χ3n) is 7.48. The number of hydroxylamine groups is 1. The zero-order valence-electron chi connectivity index (χ0n) is 24.7. The smallest absolute Gasteiger partial charge is 0.311 e. The Morgan fingerprint density at radius 1 is 0.822 bits per heavy atom. The normalized spacial score (nSPS) is 16.9. The van der Waals surface area contributed by atoms with E-state index in [-0.39, 0.29) is 24.5 Å². The summed E-state index contributed by atoms with van der Waals surface area (Å²) in [6.45, 7) is -0.171. The molecule has 4 aromatic rings. The molecule has 2 atom stereocenters. The molecule has 1 aliphatic heterocycles. The van der Waals surface area contributed by atoms with Gasteiger partial charge in [0.05, 0.1) is 17.9 Å². The van der Waals surface area contributed by atoms with Crippen LogP contribution in [0.25, 0.3) is 0 Å². The molecular weight excluding hydrogens is 592 g/mol. The number of hydrogen-bond acceptors (Lipinski definition) is 7. The Morgan fingerprint density at radius 2 is 1.40 bits per heavy atom. The number of ether oxygens (including phenoxy) is 2. The average molecular weight is 627 g/mol. The number of carbonyl (C=O) groups excluding carboxylic acids is 2. The third-order valence-corrected chi connectivity index (χ3v) is 9.34. The van der Waals surface area contributed by atoms with Gasteiger partial charge in [0.25, 0.3) is 5.91 Å². The maximum Gasteiger partial charge on any atom is 0.311 e. The van der Waals surface area contributed by atoms with E-state index in [1.54, 1.807) is 12.2 Å². The van der Waals surface area contributed by atoms with Crippen LogP contribution in [0.3, 0.4) is 0 Å². The van der Waals surface area contributed by atoms with E-state index >= 15 is 0 Å². The lowest BCUT2D eigenvalue weighted by Gasteiger charge is -2.32. The minimum absolute atomic E-state index is 0.0277. The van der Waals surface area contributed by atoms with E-state index in [9.17, 15) is 18.0 Å². The quantitative estimate of drug-likeness (QED) is 0.138. The van der Waals surface area contributed by atoms with Crippen molar-refractivity contribution in [2.45, 2.75) is 30.1 Å². The van der Waals surface area contributed by atoms with E-state index in [4.69, 9.17) is 14.3 Å². The minimum Gasteiger partial charge on any atom is -0.497 e. The Balaban J connectivity index is 1.47. The molecule has 0 radical (unpaired) electrons. The summed E-state index contributed by atoms with van der Waals surface area (Å²) in [5.74, 6) is -2.18. The number of methoxy groups -OCH3 is 1. The highest BCUT2D eigenvalue weighted by Crippen LogP contribution is 2.30. The first-order valence-corrected chi connectivity index (χ1v) is 15.9. The van der Waals surface area contributed by atoms with Crippen LogP contribution in [-0.2, 0) is 35.8 Å². The summed E-state index contributed by atoms with van der Waals surface area (Å²) in [6, 6.07) is 32.1. The second-order valence-electron chi connectivity index (χ2n) is 10.4. The van der Waals surface area contributed by atoms with Crippen molar-refractivity contribution in [2.24, 2.45) is 5.92 Å². The molecule has 0 bridgehead atoms. The number of sulfonamides is 1. The molecule has 1 aliphatic rings. The highest BCUT2D eigenvalue weighted by atomic mass is 32.2. The van der Waals surface area contributed by atoms with Gasteiger partial charge in [0.15, 0.2) is 0 Å². The number of hydrogen-bond donors (Lipinski definition) is 1. The number of benzene rings is 4. The molecule has 0 saturated carbocycles. The standard InChI is InChI=1S/C35H34N2O7S/c1-42-29-20-22-30(23-21-29)45(40,41)37-24-12-11-19-31(35(39)43-25-26-13-5-2-6-14-26)32(37)34(38)36-44-33(27-15-7-3-8-16-27)28-17-9-4-10-18-28/h2-18,20-23,31-33H,19,24-25H2,1H3,(H,36,38). The summed E-state index contributed by atoms with van der Waals surface area (Å²) in [5, 5.41) is 0. The van der Waals surface area contributed by atoms with Crippen LogP contribution in [0, 0.1) is 5.92 Å². The number of allylic oxidation sites excluding steroid dienone is 1. The third kappa shape index (κ3) is 7.66. The molecule has 45 heavy (non-hydrogen) atoms. The van der Waals surface area contributed by atoms with Gasteiger partial charge < -0.3 is 9.47 Å². The largest absolute Gasteiger partial charge is 0.497 e. The summed E-state index contributed by atoms with van der Waals surface area (Å²) >= 11 is 0. The first-order valence-electron chi connectivity index (χ1n) is 14.5. The Morgan fingerprint density at radius 3 is 1.98 bits per heavy atom. The van der Waals surface area contributed by atoms with Gasteiger partial charge in [-0.1, -0.05) is 103 Å². The fourth-order valence-electron chi connectivity index (χ4n) is 5.13. The van der Waals surface area contributed by atoms with Gasteiger partial charge in [0.1, 0.15) is 24.5 Å². The summed E-state index contributed by atoms with van der Waals surface area (Å²) in [7, 11) is -2.80. The highest BCUT2D eigenvalue weighted by Gasteiger charge is 2.45. The Labute approximate surface area is 263 Å². The van der Waals surface area contributed by atoms with Crippen LogP contribution >= 0.6 is 0 Å². The second-order valence-corrected chi connectivity index (χ2v) is 12.3. The van der Waals surface area contributed by atoms with E-state index in [0.29, 0.717) is 5.75 Å². The molecule has 0 saturated heterocycles. The molecule has 4 aromatic carbocycles. The van der Waals surface area contributed by atoms with Gasteiger partial charge in [-0.25, -0.2) is 13.9 Å². The van der Waals surface area contributed by atoms with E-state index in [0.717, 1.165) is 21.0 Å². The Bertz CT molecular complexity index is 1660. The average Bonchev–Trinajstić information content (AvgIpc) is 3.33. The molecular formula is C35H34N2O7S. The molecule has 0 fully saturated rings. The van der Waals surface area contributed by atoms with Crippen molar-refractivity contribution in [1.29, 1.82) is 0 Å². The summed E-state index contributed by atoms with van der Waals surface area (Å²) in [5.41, 5.74) is 4.81. The van der Waals surface area contributed by atoms with Gasteiger partial charge in [0.2, 0.25) is 10.0 Å². The molecule has 1 amide bonds. The van der Waals surface area contributed by atoms with E-state index in [1.807, 2.05) is 91.0 Å². The van der Waals surface area contributed by atoms with Crippen molar-refractivity contribution < 1.29 is 32.3 Å². The van der Waals surface area contributed by atoms with Gasteiger partial charge in [0, 0.05) is 6.54 Å². The molecule has 232 valence electrons. The van der Waals surface area contributed by atoms with Gasteiger partial charge in [-0.2, -0.15) is 4.31 Å². The molecule has 0 spiro atoms. The van der Waals surface area contributed by atoms with Gasteiger partial charge >= 0.3 is 5.97 Å². The van der Waals surface area contributed by atoms with E-state index in [2.05, 4.69) is 5.48 Å². The zero-order valence-corrected chi connectivity index (χ0v) is 25.5. The number of rotatable bonds is 11. The predicted octanol–water partition coefficient (Wildman–Crippen LogP) is 5.21. The number of carbonyl (C=O) groups is 2. The van der Waals surface area contributed by atoms with Crippen LogP contribution in [0.15, 0.2) is 132 Å². The summed E-state index contributed by atoms with van der Waals surface area (Å²) in [4.78, 5) is 33.7. The molecule has 10 heteroatoms. The predicted molar refractivity (Wildman–Crippen MR) is 168 cm³/mol. The minimum atomic E-state index is -4.28.